The van der Waals surface area contributed by atoms with Gasteiger partial charge in [-0.1, -0.05) is 65.1 Å². The number of benzene rings is 4. The summed E-state index contributed by atoms with van der Waals surface area (Å²) in [6.45, 7) is 3.61. The summed E-state index contributed by atoms with van der Waals surface area (Å²) in [7, 11) is 1.51. The topological polar surface area (TPSA) is 96.5 Å². The standard InChI is InChI=1S/C33H28Cl3N3O4S/c1-19-15-28(30(43-3)18-27(19)36)38-31(40)20(2)44-23-12-7-11-22(16-23)37-33(42)29(17-24-25(34)13-8-14-26(24)35)39-32(41)21-9-5-4-6-10-21/h4-18,20H,1-3H3,(H,37,42)(H,38,40)(H,39,41)/b29-17+. The summed E-state index contributed by atoms with van der Waals surface area (Å²) in [4.78, 5) is 40.2. The van der Waals surface area contributed by atoms with Gasteiger partial charge in [0.25, 0.3) is 11.8 Å². The van der Waals surface area contributed by atoms with Crippen molar-refractivity contribution in [1.29, 1.82) is 0 Å². The molecule has 44 heavy (non-hydrogen) atoms. The van der Waals surface area contributed by atoms with Crippen LogP contribution in [-0.2, 0) is 9.59 Å². The molecule has 1 atom stereocenters. The largest absolute Gasteiger partial charge is 0.495 e. The van der Waals surface area contributed by atoms with E-state index >= 15 is 0 Å². The maximum Gasteiger partial charge on any atom is 0.272 e. The number of hydrogen-bond donors (Lipinski definition) is 3. The quantitative estimate of drug-likeness (QED) is 0.116. The van der Waals surface area contributed by atoms with Crippen molar-refractivity contribution in [3.63, 3.8) is 0 Å². The third-order valence-corrected chi connectivity index (χ3v) is 8.49. The van der Waals surface area contributed by atoms with E-state index in [-0.39, 0.29) is 11.6 Å². The van der Waals surface area contributed by atoms with Gasteiger partial charge < -0.3 is 20.7 Å². The molecule has 1 unspecified atom stereocenters. The van der Waals surface area contributed by atoms with Crippen molar-refractivity contribution < 1.29 is 19.1 Å². The fourth-order valence-electron chi connectivity index (χ4n) is 4.00. The van der Waals surface area contributed by atoms with Gasteiger partial charge in [0.05, 0.1) is 18.0 Å². The zero-order valence-corrected chi connectivity index (χ0v) is 27.0. The summed E-state index contributed by atoms with van der Waals surface area (Å²) in [6, 6.07) is 23.9. The second kappa shape index (κ2) is 15.2. The van der Waals surface area contributed by atoms with E-state index in [1.54, 1.807) is 85.8 Å². The smallest absolute Gasteiger partial charge is 0.272 e. The van der Waals surface area contributed by atoms with Crippen LogP contribution in [-0.4, -0.2) is 30.1 Å². The number of methoxy groups -OCH3 is 1. The number of aryl methyl sites for hydroxylation is 1. The average molecular weight is 669 g/mol. The van der Waals surface area contributed by atoms with E-state index in [1.165, 1.54) is 24.9 Å². The summed E-state index contributed by atoms with van der Waals surface area (Å²) in [6.07, 6.45) is 1.43. The Bertz CT molecular complexity index is 1710. The molecule has 226 valence electrons. The lowest BCUT2D eigenvalue weighted by Gasteiger charge is -2.16. The first kappa shape index (κ1) is 33.0. The van der Waals surface area contributed by atoms with E-state index in [2.05, 4.69) is 16.0 Å². The molecule has 4 rings (SSSR count). The Labute approximate surface area is 274 Å². The molecule has 0 aliphatic carbocycles. The monoisotopic (exact) mass is 667 g/mol. The molecule has 0 radical (unpaired) electrons. The van der Waals surface area contributed by atoms with Crippen molar-refractivity contribution in [2.24, 2.45) is 0 Å². The van der Waals surface area contributed by atoms with Crippen molar-refractivity contribution >= 4 is 81.7 Å². The Morgan fingerprint density at radius 2 is 1.52 bits per heavy atom. The highest BCUT2D eigenvalue weighted by Gasteiger charge is 2.19. The molecule has 0 saturated carbocycles. The minimum absolute atomic E-state index is 0.0631. The van der Waals surface area contributed by atoms with Gasteiger partial charge in [0.2, 0.25) is 5.91 Å². The molecule has 0 aromatic heterocycles. The van der Waals surface area contributed by atoms with E-state index in [0.717, 1.165) is 10.5 Å². The van der Waals surface area contributed by atoms with Gasteiger partial charge in [-0.3, -0.25) is 14.4 Å². The lowest BCUT2D eigenvalue weighted by atomic mass is 10.1. The number of ether oxygens (including phenoxy) is 1. The van der Waals surface area contributed by atoms with Crippen LogP contribution in [0.2, 0.25) is 15.1 Å². The second-order valence-corrected chi connectivity index (χ2v) is 12.2. The third-order valence-electron chi connectivity index (χ3n) is 6.33. The molecule has 7 nitrogen and oxygen atoms in total. The maximum absolute atomic E-state index is 13.5. The first-order valence-electron chi connectivity index (χ1n) is 13.3. The van der Waals surface area contributed by atoms with Crippen LogP contribution in [0, 0.1) is 6.92 Å². The molecule has 0 fully saturated rings. The van der Waals surface area contributed by atoms with E-state index < -0.39 is 17.1 Å². The Balaban J connectivity index is 1.51. The van der Waals surface area contributed by atoms with Crippen molar-refractivity contribution in [3.05, 3.63) is 122 Å². The van der Waals surface area contributed by atoms with Crippen LogP contribution in [0.3, 0.4) is 0 Å². The van der Waals surface area contributed by atoms with Crippen LogP contribution in [0.25, 0.3) is 6.08 Å². The Morgan fingerprint density at radius 3 is 2.20 bits per heavy atom. The molecule has 0 bridgehead atoms. The summed E-state index contributed by atoms with van der Waals surface area (Å²) in [5, 5.41) is 9.05. The number of nitrogens with one attached hydrogen (secondary N) is 3. The molecule has 4 aromatic rings. The van der Waals surface area contributed by atoms with Gasteiger partial charge >= 0.3 is 0 Å². The molecule has 0 aliphatic heterocycles. The molecule has 3 N–H and O–H groups in total. The van der Waals surface area contributed by atoms with Crippen molar-refractivity contribution in [2.45, 2.75) is 24.0 Å². The van der Waals surface area contributed by atoms with Crippen molar-refractivity contribution in [2.75, 3.05) is 17.7 Å². The van der Waals surface area contributed by atoms with E-state index in [0.29, 0.717) is 43.3 Å². The van der Waals surface area contributed by atoms with Crippen LogP contribution in [0.1, 0.15) is 28.4 Å². The number of thioether (sulfide) groups is 1. The van der Waals surface area contributed by atoms with Gasteiger partial charge in [-0.05, 0) is 74.0 Å². The van der Waals surface area contributed by atoms with Crippen LogP contribution >= 0.6 is 46.6 Å². The minimum atomic E-state index is -0.594. The highest BCUT2D eigenvalue weighted by molar-refractivity contribution is 8.00. The van der Waals surface area contributed by atoms with Crippen molar-refractivity contribution in [3.8, 4) is 5.75 Å². The molecule has 11 heteroatoms. The predicted octanol–water partition coefficient (Wildman–Crippen LogP) is 8.49. The summed E-state index contributed by atoms with van der Waals surface area (Å²) < 4.78 is 5.36. The Morgan fingerprint density at radius 1 is 0.841 bits per heavy atom. The SMILES string of the molecule is COc1cc(Cl)c(C)cc1NC(=O)C(C)Sc1cccc(NC(=O)/C(=C\c2c(Cl)cccc2Cl)NC(=O)c2ccccc2)c1. The van der Waals surface area contributed by atoms with Crippen LogP contribution < -0.4 is 20.7 Å². The van der Waals surface area contributed by atoms with Gasteiger partial charge in [0, 0.05) is 42.8 Å². The first-order chi connectivity index (χ1) is 21.0. The van der Waals surface area contributed by atoms with Gasteiger partial charge in [0.1, 0.15) is 11.4 Å². The summed E-state index contributed by atoms with van der Waals surface area (Å²) in [5.41, 5.74) is 2.46. The fraction of sp³-hybridized carbons (Fsp3) is 0.121. The average Bonchev–Trinajstić information content (AvgIpc) is 3.00. The van der Waals surface area contributed by atoms with E-state index in [1.807, 2.05) is 13.0 Å². The van der Waals surface area contributed by atoms with Gasteiger partial charge in [0.15, 0.2) is 0 Å². The lowest BCUT2D eigenvalue weighted by molar-refractivity contribution is -0.115. The highest BCUT2D eigenvalue weighted by atomic mass is 35.5. The number of carbonyl (C=O) groups excluding carboxylic acids is 3. The molecule has 0 saturated heterocycles. The molecule has 0 spiro atoms. The number of anilines is 2. The van der Waals surface area contributed by atoms with E-state index in [4.69, 9.17) is 39.5 Å². The van der Waals surface area contributed by atoms with Crippen LogP contribution in [0.5, 0.6) is 5.75 Å². The molecular formula is C33H28Cl3N3O4S. The Hall–Kier alpha value is -3.95. The first-order valence-corrected chi connectivity index (χ1v) is 15.3. The lowest BCUT2D eigenvalue weighted by Crippen LogP contribution is -2.30. The normalized spacial score (nSPS) is 11.8. The molecule has 0 heterocycles. The summed E-state index contributed by atoms with van der Waals surface area (Å²) in [5.74, 6) is -0.859. The molecule has 4 aromatic carbocycles. The number of hydrogen-bond acceptors (Lipinski definition) is 5. The van der Waals surface area contributed by atoms with Crippen molar-refractivity contribution in [1.82, 2.24) is 5.32 Å². The second-order valence-electron chi connectivity index (χ2n) is 9.55. The van der Waals surface area contributed by atoms with Gasteiger partial charge in [-0.15, -0.1) is 11.8 Å². The molecular weight excluding hydrogens is 641 g/mol. The zero-order chi connectivity index (χ0) is 31.8. The highest BCUT2D eigenvalue weighted by Crippen LogP contribution is 2.33. The number of carbonyl (C=O) groups is 3. The van der Waals surface area contributed by atoms with E-state index in [9.17, 15) is 14.4 Å². The number of amides is 3. The number of halogens is 3. The Kier molecular flexibility index (Phi) is 11.4. The number of rotatable bonds is 10. The fourth-order valence-corrected chi connectivity index (χ4v) is 5.59. The maximum atomic E-state index is 13.5. The molecule has 3 amide bonds. The molecule has 0 aliphatic rings. The van der Waals surface area contributed by atoms with Gasteiger partial charge in [-0.2, -0.15) is 0 Å². The van der Waals surface area contributed by atoms with Gasteiger partial charge in [-0.25, -0.2) is 0 Å². The summed E-state index contributed by atoms with van der Waals surface area (Å²) >= 11 is 20.2. The van der Waals surface area contributed by atoms with Crippen LogP contribution in [0.4, 0.5) is 11.4 Å². The zero-order valence-electron chi connectivity index (χ0n) is 23.9. The van der Waals surface area contributed by atoms with Crippen LogP contribution in [0.15, 0.2) is 95.5 Å². The minimum Gasteiger partial charge on any atom is -0.495 e. The third kappa shape index (κ3) is 8.57. The predicted molar refractivity (Wildman–Crippen MR) is 180 cm³/mol.